The van der Waals surface area contributed by atoms with Crippen molar-refractivity contribution in [3.63, 3.8) is 0 Å². The van der Waals surface area contributed by atoms with E-state index in [1.807, 2.05) is 0 Å². The van der Waals surface area contributed by atoms with Crippen molar-refractivity contribution in [2.45, 2.75) is 6.92 Å². The van der Waals surface area contributed by atoms with E-state index in [0.29, 0.717) is 10.6 Å². The van der Waals surface area contributed by atoms with Crippen LogP contribution in [-0.2, 0) is 0 Å². The summed E-state index contributed by atoms with van der Waals surface area (Å²) in [6.45, 7) is 1.81. The Balaban J connectivity index is 1.91. The van der Waals surface area contributed by atoms with Crippen LogP contribution < -0.4 is 11.1 Å². The minimum Gasteiger partial charge on any atom is -0.366 e. The van der Waals surface area contributed by atoms with Crippen LogP contribution in [0.5, 0.6) is 0 Å². The van der Waals surface area contributed by atoms with Gasteiger partial charge in [-0.15, -0.1) is 11.3 Å². The van der Waals surface area contributed by atoms with Crippen LogP contribution in [0, 0.1) is 12.7 Å². The number of anilines is 1. The third-order valence-corrected chi connectivity index (χ3v) is 3.96. The molecule has 0 saturated carbocycles. The monoisotopic (exact) mass is 318 g/mol. The topological polar surface area (TPSA) is 89.5 Å². The second kappa shape index (κ2) is 5.23. The Kier molecular flexibility index (Phi) is 3.38. The van der Waals surface area contributed by atoms with Crippen molar-refractivity contribution in [2.24, 2.45) is 5.73 Å². The zero-order valence-corrected chi connectivity index (χ0v) is 12.3. The largest absolute Gasteiger partial charge is 0.366 e. The Morgan fingerprint density at radius 1 is 1.36 bits per heavy atom. The molecule has 0 aliphatic rings. The quantitative estimate of drug-likeness (QED) is 0.775. The lowest BCUT2D eigenvalue weighted by Crippen LogP contribution is -2.16. The van der Waals surface area contributed by atoms with Crippen LogP contribution in [0.15, 0.2) is 30.6 Å². The average molecular weight is 318 g/mol. The molecular formula is C14H11FN4O2S. The number of carbonyl (C=O) groups is 2. The fourth-order valence-corrected chi connectivity index (χ4v) is 2.94. The van der Waals surface area contributed by atoms with Crippen molar-refractivity contribution >= 4 is 33.8 Å². The molecule has 0 spiro atoms. The van der Waals surface area contributed by atoms with Crippen LogP contribution in [-0.4, -0.2) is 21.2 Å². The number of primary amides is 1. The second-order valence-corrected chi connectivity index (χ2v) is 5.91. The fourth-order valence-electron chi connectivity index (χ4n) is 2.03. The summed E-state index contributed by atoms with van der Waals surface area (Å²) in [5.41, 5.74) is 6.10. The fraction of sp³-hybridized carbons (Fsp3) is 0.0714. The Bertz CT molecular complexity index is 900. The van der Waals surface area contributed by atoms with E-state index in [1.54, 1.807) is 13.0 Å². The smallest absolute Gasteiger partial charge is 0.276 e. The van der Waals surface area contributed by atoms with Gasteiger partial charge in [-0.2, -0.15) is 0 Å². The summed E-state index contributed by atoms with van der Waals surface area (Å²) >= 11 is 1.25. The summed E-state index contributed by atoms with van der Waals surface area (Å²) in [6, 6.07) is 4.34. The first-order valence-corrected chi connectivity index (χ1v) is 7.11. The van der Waals surface area contributed by atoms with Crippen LogP contribution in [0.4, 0.5) is 9.39 Å². The molecule has 0 aliphatic carbocycles. The highest BCUT2D eigenvalue weighted by Crippen LogP contribution is 2.27. The lowest BCUT2D eigenvalue weighted by molar-refractivity contribution is 0.100. The molecule has 8 heteroatoms. The second-order valence-electron chi connectivity index (χ2n) is 4.66. The number of hydrogen-bond acceptors (Lipinski definition) is 4. The Hall–Kier alpha value is -2.74. The van der Waals surface area contributed by atoms with Gasteiger partial charge in [0.1, 0.15) is 22.2 Å². The van der Waals surface area contributed by atoms with E-state index in [9.17, 15) is 14.0 Å². The van der Waals surface area contributed by atoms with Gasteiger partial charge in [0.05, 0.1) is 5.56 Å². The number of amides is 2. The maximum Gasteiger partial charge on any atom is 0.276 e. The van der Waals surface area contributed by atoms with Gasteiger partial charge in [-0.25, -0.2) is 9.37 Å². The third-order valence-electron chi connectivity index (χ3n) is 3.00. The molecule has 0 bridgehead atoms. The lowest BCUT2D eigenvalue weighted by atomic mass is 10.3. The molecule has 3 aromatic heterocycles. The number of pyridine rings is 1. The predicted octanol–water partition coefficient (Wildman–Crippen LogP) is 2.19. The summed E-state index contributed by atoms with van der Waals surface area (Å²) in [5.74, 6) is -1.54. The number of nitrogens with zero attached hydrogens (tertiary/aromatic N) is 2. The number of fused-ring (bicyclic) bond motifs is 1. The molecule has 3 rings (SSSR count). The first kappa shape index (κ1) is 14.2. The van der Waals surface area contributed by atoms with Gasteiger partial charge in [0.15, 0.2) is 0 Å². The van der Waals surface area contributed by atoms with E-state index in [4.69, 9.17) is 5.73 Å². The summed E-state index contributed by atoms with van der Waals surface area (Å²) in [4.78, 5) is 28.5. The number of nitrogens with one attached hydrogen (secondary N) is 1. The molecule has 0 radical (unpaired) electrons. The number of halogens is 1. The average Bonchev–Trinajstić information content (AvgIpc) is 3.01. The molecule has 2 amide bonds. The normalized spacial score (nSPS) is 10.8. The van der Waals surface area contributed by atoms with Gasteiger partial charge >= 0.3 is 0 Å². The number of carbonyl (C=O) groups excluding carboxylic acids is 2. The van der Waals surface area contributed by atoms with E-state index in [0.717, 1.165) is 4.88 Å². The molecule has 22 heavy (non-hydrogen) atoms. The summed E-state index contributed by atoms with van der Waals surface area (Å²) in [5, 5.41) is 2.99. The van der Waals surface area contributed by atoms with E-state index in [-0.39, 0.29) is 11.3 Å². The number of imidazole rings is 1. The van der Waals surface area contributed by atoms with Crippen LogP contribution >= 0.6 is 11.3 Å². The summed E-state index contributed by atoms with van der Waals surface area (Å²) < 4.78 is 14.6. The van der Waals surface area contributed by atoms with Crippen LogP contribution in [0.3, 0.4) is 0 Å². The molecule has 0 aliphatic heterocycles. The minimum atomic E-state index is -0.614. The molecule has 0 unspecified atom stereocenters. The highest BCUT2D eigenvalue weighted by Gasteiger charge is 2.17. The van der Waals surface area contributed by atoms with Crippen molar-refractivity contribution in [1.29, 1.82) is 0 Å². The number of aryl methyl sites for hydroxylation is 1. The van der Waals surface area contributed by atoms with Crippen molar-refractivity contribution < 1.29 is 14.0 Å². The van der Waals surface area contributed by atoms with Gasteiger partial charge in [-0.05, 0) is 25.1 Å². The highest BCUT2D eigenvalue weighted by molar-refractivity contribution is 7.16. The van der Waals surface area contributed by atoms with E-state index >= 15 is 0 Å². The number of nitrogens with two attached hydrogens (primary N) is 1. The third kappa shape index (κ3) is 2.56. The zero-order valence-electron chi connectivity index (χ0n) is 11.5. The van der Waals surface area contributed by atoms with Crippen molar-refractivity contribution in [2.75, 3.05) is 5.32 Å². The molecule has 0 saturated heterocycles. The number of aromatic nitrogens is 2. The molecule has 112 valence electrons. The van der Waals surface area contributed by atoms with E-state index < -0.39 is 17.6 Å². The Morgan fingerprint density at radius 2 is 2.14 bits per heavy atom. The Morgan fingerprint density at radius 3 is 2.86 bits per heavy atom. The molecule has 0 fully saturated rings. The van der Waals surface area contributed by atoms with Crippen molar-refractivity contribution in [3.05, 3.63) is 52.5 Å². The van der Waals surface area contributed by atoms with Gasteiger partial charge in [0, 0.05) is 17.3 Å². The number of hydrogen-bond donors (Lipinski definition) is 2. The van der Waals surface area contributed by atoms with Crippen molar-refractivity contribution in [1.82, 2.24) is 9.38 Å². The molecule has 0 aromatic carbocycles. The molecule has 3 heterocycles. The van der Waals surface area contributed by atoms with Crippen LogP contribution in [0.1, 0.15) is 25.7 Å². The van der Waals surface area contributed by atoms with E-state index in [2.05, 4.69) is 10.3 Å². The van der Waals surface area contributed by atoms with Crippen LogP contribution in [0.25, 0.3) is 5.65 Å². The van der Waals surface area contributed by atoms with Gasteiger partial charge in [0.25, 0.3) is 11.8 Å². The lowest BCUT2D eigenvalue weighted by Gasteiger charge is -2.01. The van der Waals surface area contributed by atoms with Gasteiger partial charge in [-0.3, -0.25) is 9.59 Å². The van der Waals surface area contributed by atoms with Gasteiger partial charge in [-0.1, -0.05) is 0 Å². The summed E-state index contributed by atoms with van der Waals surface area (Å²) in [6.07, 6.45) is 2.64. The maximum absolute atomic E-state index is 13.1. The number of thiophene rings is 1. The zero-order chi connectivity index (χ0) is 15.9. The van der Waals surface area contributed by atoms with Gasteiger partial charge in [0.2, 0.25) is 0 Å². The predicted molar refractivity (Wildman–Crippen MR) is 80.7 cm³/mol. The molecule has 3 aromatic rings. The minimum absolute atomic E-state index is 0.118. The van der Waals surface area contributed by atoms with Gasteiger partial charge < -0.3 is 15.5 Å². The standard InChI is InChI=1S/C14H11FN4O2S/c1-7-4-9(12(16)20)14(22-7)18-13(21)10-6-19-5-8(15)2-3-11(19)17-10/h2-6H,1H3,(H2,16,20)(H,18,21). The highest BCUT2D eigenvalue weighted by atomic mass is 32.1. The SMILES string of the molecule is Cc1cc(C(N)=O)c(NC(=O)c2cn3cc(F)ccc3n2)s1. The first-order chi connectivity index (χ1) is 10.4. The maximum atomic E-state index is 13.1. The molecular weight excluding hydrogens is 307 g/mol. The molecule has 3 N–H and O–H groups in total. The summed E-state index contributed by atoms with van der Waals surface area (Å²) in [7, 11) is 0. The molecule has 6 nitrogen and oxygen atoms in total. The van der Waals surface area contributed by atoms with Crippen molar-refractivity contribution in [3.8, 4) is 0 Å². The Labute approximate surface area is 128 Å². The first-order valence-electron chi connectivity index (χ1n) is 6.30. The molecule has 0 atom stereocenters. The van der Waals surface area contributed by atoms with Crippen LogP contribution in [0.2, 0.25) is 0 Å². The van der Waals surface area contributed by atoms with E-state index in [1.165, 1.54) is 40.3 Å². The number of rotatable bonds is 3.